The van der Waals surface area contributed by atoms with Crippen molar-refractivity contribution in [3.8, 4) is 0 Å². The van der Waals surface area contributed by atoms with Gasteiger partial charge in [0, 0.05) is 32.5 Å². The van der Waals surface area contributed by atoms with Gasteiger partial charge in [0.15, 0.2) is 9.84 Å². The first-order valence-electron chi connectivity index (χ1n) is 6.10. The van der Waals surface area contributed by atoms with Crippen molar-refractivity contribution in [2.24, 2.45) is 0 Å². The van der Waals surface area contributed by atoms with Crippen LogP contribution in [0.1, 0.15) is 12.8 Å². The standard InChI is InChI=1S/C11H22N2O4S/c1-17-7-6-13(8-10-4-3-5-12-10)11(14)9-18(2,15)16/h10,12H,3-9H2,1-2H3. The fourth-order valence-electron chi connectivity index (χ4n) is 2.01. The zero-order valence-corrected chi connectivity index (χ0v) is 11.8. The van der Waals surface area contributed by atoms with Gasteiger partial charge in [-0.15, -0.1) is 0 Å². The minimum Gasteiger partial charge on any atom is -0.383 e. The lowest BCUT2D eigenvalue weighted by Gasteiger charge is -2.25. The van der Waals surface area contributed by atoms with Crippen LogP contribution < -0.4 is 5.32 Å². The average Bonchev–Trinajstić information content (AvgIpc) is 2.74. The number of ether oxygens (including phenoxy) is 1. The van der Waals surface area contributed by atoms with Crippen LogP contribution in [0.25, 0.3) is 0 Å². The largest absolute Gasteiger partial charge is 0.383 e. The van der Waals surface area contributed by atoms with E-state index in [-0.39, 0.29) is 11.9 Å². The Morgan fingerprint density at radius 3 is 2.72 bits per heavy atom. The molecule has 1 aliphatic rings. The molecule has 0 aromatic rings. The van der Waals surface area contributed by atoms with Gasteiger partial charge in [0.05, 0.1) is 6.61 Å². The van der Waals surface area contributed by atoms with Crippen molar-refractivity contribution >= 4 is 15.7 Å². The molecule has 1 heterocycles. The summed E-state index contributed by atoms with van der Waals surface area (Å²) in [6.07, 6.45) is 3.20. The second-order valence-electron chi connectivity index (χ2n) is 4.70. The van der Waals surface area contributed by atoms with Gasteiger partial charge >= 0.3 is 0 Å². The Kier molecular flexibility index (Phi) is 6.04. The van der Waals surface area contributed by atoms with Crippen LogP contribution in [0.2, 0.25) is 0 Å². The van der Waals surface area contributed by atoms with E-state index >= 15 is 0 Å². The Morgan fingerprint density at radius 1 is 1.50 bits per heavy atom. The average molecular weight is 278 g/mol. The highest BCUT2D eigenvalue weighted by atomic mass is 32.2. The van der Waals surface area contributed by atoms with E-state index in [1.807, 2.05) is 0 Å². The molecule has 0 saturated carbocycles. The number of nitrogens with one attached hydrogen (secondary N) is 1. The number of nitrogens with zero attached hydrogens (tertiary/aromatic N) is 1. The van der Waals surface area contributed by atoms with E-state index in [2.05, 4.69) is 5.32 Å². The molecule has 18 heavy (non-hydrogen) atoms. The van der Waals surface area contributed by atoms with Gasteiger partial charge in [-0.1, -0.05) is 0 Å². The predicted octanol–water partition coefficient (Wildman–Crippen LogP) is -0.742. The molecule has 0 radical (unpaired) electrons. The number of rotatable bonds is 7. The highest BCUT2D eigenvalue weighted by Crippen LogP contribution is 2.07. The summed E-state index contributed by atoms with van der Waals surface area (Å²) in [6.45, 7) is 2.37. The summed E-state index contributed by atoms with van der Waals surface area (Å²) in [4.78, 5) is 13.5. The zero-order chi connectivity index (χ0) is 13.6. The summed E-state index contributed by atoms with van der Waals surface area (Å²) in [5.74, 6) is -0.771. The first-order chi connectivity index (χ1) is 8.42. The maximum atomic E-state index is 11.9. The lowest BCUT2D eigenvalue weighted by atomic mass is 10.2. The van der Waals surface area contributed by atoms with Gasteiger partial charge in [0.2, 0.25) is 5.91 Å². The normalized spacial score (nSPS) is 20.0. The van der Waals surface area contributed by atoms with Crippen molar-refractivity contribution < 1.29 is 17.9 Å². The van der Waals surface area contributed by atoms with Gasteiger partial charge in [-0.05, 0) is 19.4 Å². The van der Waals surface area contributed by atoms with Gasteiger partial charge in [-0.2, -0.15) is 0 Å². The minimum absolute atomic E-state index is 0.269. The quantitative estimate of drug-likeness (QED) is 0.664. The highest BCUT2D eigenvalue weighted by Gasteiger charge is 2.23. The second kappa shape index (κ2) is 7.06. The molecule has 0 spiro atoms. The molecule has 1 saturated heterocycles. The van der Waals surface area contributed by atoms with E-state index in [9.17, 15) is 13.2 Å². The zero-order valence-electron chi connectivity index (χ0n) is 11.0. The Bertz CT molecular complexity index is 363. The van der Waals surface area contributed by atoms with Crippen LogP contribution in [0.5, 0.6) is 0 Å². The Morgan fingerprint density at radius 2 is 2.22 bits per heavy atom. The molecule has 0 aromatic heterocycles. The monoisotopic (exact) mass is 278 g/mol. The van der Waals surface area contributed by atoms with Crippen molar-refractivity contribution in [3.63, 3.8) is 0 Å². The fourth-order valence-corrected chi connectivity index (χ4v) is 2.64. The first-order valence-corrected chi connectivity index (χ1v) is 8.16. The fraction of sp³-hybridized carbons (Fsp3) is 0.909. The third-order valence-electron chi connectivity index (χ3n) is 2.91. The maximum absolute atomic E-state index is 11.9. The number of methoxy groups -OCH3 is 1. The molecule has 1 N–H and O–H groups in total. The van der Waals surface area contributed by atoms with Crippen molar-refractivity contribution in [3.05, 3.63) is 0 Å². The van der Waals surface area contributed by atoms with Crippen molar-refractivity contribution in [2.45, 2.75) is 18.9 Å². The van der Waals surface area contributed by atoms with Crippen molar-refractivity contribution in [1.82, 2.24) is 10.2 Å². The molecule has 7 heteroatoms. The predicted molar refractivity (Wildman–Crippen MR) is 69.2 cm³/mol. The minimum atomic E-state index is -3.28. The van der Waals surface area contributed by atoms with Gasteiger partial charge in [-0.3, -0.25) is 4.79 Å². The molecule has 1 amide bonds. The van der Waals surface area contributed by atoms with E-state index in [1.165, 1.54) is 0 Å². The lowest BCUT2D eigenvalue weighted by Crippen LogP contribution is -2.44. The van der Waals surface area contributed by atoms with Crippen LogP contribution >= 0.6 is 0 Å². The molecule has 1 rings (SSSR count). The molecule has 1 fully saturated rings. The first kappa shape index (κ1) is 15.4. The maximum Gasteiger partial charge on any atom is 0.237 e. The summed E-state index contributed by atoms with van der Waals surface area (Å²) in [6, 6.07) is 0.269. The van der Waals surface area contributed by atoms with Crippen LogP contribution in [-0.2, 0) is 19.4 Å². The van der Waals surface area contributed by atoms with E-state index in [1.54, 1.807) is 12.0 Å². The molecule has 0 aromatic carbocycles. The summed E-state index contributed by atoms with van der Waals surface area (Å²) in [5.41, 5.74) is 0. The SMILES string of the molecule is COCCN(CC1CCCN1)C(=O)CS(C)(=O)=O. The summed E-state index contributed by atoms with van der Waals surface area (Å²) < 4.78 is 27.3. The number of sulfone groups is 1. The van der Waals surface area contributed by atoms with E-state index in [0.717, 1.165) is 25.6 Å². The molecular formula is C11H22N2O4S. The Balaban J connectivity index is 2.55. The molecule has 6 nitrogen and oxygen atoms in total. The van der Waals surface area contributed by atoms with Crippen LogP contribution in [0.4, 0.5) is 0 Å². The van der Waals surface area contributed by atoms with Crippen molar-refractivity contribution in [1.29, 1.82) is 0 Å². The van der Waals surface area contributed by atoms with Crippen LogP contribution in [0, 0.1) is 0 Å². The number of carbonyl (C=O) groups excluding carboxylic acids is 1. The summed E-state index contributed by atoms with van der Waals surface area (Å²) in [7, 11) is -1.72. The topological polar surface area (TPSA) is 75.7 Å². The van der Waals surface area contributed by atoms with Gasteiger partial charge in [0.1, 0.15) is 5.75 Å². The van der Waals surface area contributed by atoms with E-state index < -0.39 is 15.6 Å². The van der Waals surface area contributed by atoms with Crippen LogP contribution in [0.3, 0.4) is 0 Å². The molecule has 1 aliphatic heterocycles. The van der Waals surface area contributed by atoms with E-state index in [4.69, 9.17) is 4.74 Å². The van der Waals surface area contributed by atoms with Crippen molar-refractivity contribution in [2.75, 3.05) is 45.4 Å². The van der Waals surface area contributed by atoms with Gasteiger partial charge < -0.3 is 15.0 Å². The molecule has 0 aliphatic carbocycles. The van der Waals surface area contributed by atoms with Gasteiger partial charge in [-0.25, -0.2) is 8.42 Å². The number of amides is 1. The Hall–Kier alpha value is -0.660. The lowest BCUT2D eigenvalue weighted by molar-refractivity contribution is -0.129. The smallest absolute Gasteiger partial charge is 0.237 e. The molecule has 1 unspecified atom stereocenters. The molecular weight excluding hydrogens is 256 g/mol. The third-order valence-corrected chi connectivity index (χ3v) is 3.68. The van der Waals surface area contributed by atoms with Gasteiger partial charge in [0.25, 0.3) is 0 Å². The molecule has 0 bridgehead atoms. The van der Waals surface area contributed by atoms with Crippen LogP contribution in [0.15, 0.2) is 0 Å². The Labute approximate surface area is 109 Å². The highest BCUT2D eigenvalue weighted by molar-refractivity contribution is 7.91. The third kappa shape index (κ3) is 5.79. The summed E-state index contributed by atoms with van der Waals surface area (Å²) in [5, 5.41) is 3.30. The molecule has 1 atom stereocenters. The summed E-state index contributed by atoms with van der Waals surface area (Å²) >= 11 is 0. The molecule has 106 valence electrons. The number of hydrogen-bond donors (Lipinski definition) is 1. The number of carbonyl (C=O) groups is 1. The van der Waals surface area contributed by atoms with E-state index in [0.29, 0.717) is 19.7 Å². The van der Waals surface area contributed by atoms with Crippen LogP contribution in [-0.4, -0.2) is 70.6 Å². The number of hydrogen-bond acceptors (Lipinski definition) is 5. The second-order valence-corrected chi connectivity index (χ2v) is 6.84.